The number of hydrogen-bond acceptors (Lipinski definition) is 2. The molecule has 0 unspecified atom stereocenters. The van der Waals surface area contributed by atoms with E-state index in [1.54, 1.807) is 0 Å². The Bertz CT molecular complexity index is 1740. The Morgan fingerprint density at radius 2 is 0.917 bits per heavy atom. The highest BCUT2D eigenvalue weighted by atomic mass is 16.3. The Labute approximate surface area is 209 Å². The van der Waals surface area contributed by atoms with Gasteiger partial charge in [0.05, 0.1) is 17.1 Å². The number of para-hydroxylation sites is 2. The Morgan fingerprint density at radius 3 is 1.58 bits per heavy atom. The van der Waals surface area contributed by atoms with Crippen molar-refractivity contribution >= 4 is 49.6 Å². The number of furan rings is 1. The maximum absolute atomic E-state index is 6.36. The molecule has 0 spiro atoms. The SMILES string of the molecule is c1ccc(N(c2cccc3ccccc23)c2cccc3ccccc23)c(-c2cc3ccccc3o2)c1. The third kappa shape index (κ3) is 3.35. The lowest BCUT2D eigenvalue weighted by molar-refractivity contribution is 0.631. The highest BCUT2D eigenvalue weighted by Crippen LogP contribution is 2.46. The normalized spacial score (nSPS) is 11.3. The van der Waals surface area contributed by atoms with Gasteiger partial charge in [0, 0.05) is 21.7 Å². The van der Waals surface area contributed by atoms with Gasteiger partial charge in [-0.15, -0.1) is 0 Å². The summed E-state index contributed by atoms with van der Waals surface area (Å²) < 4.78 is 6.36. The lowest BCUT2D eigenvalue weighted by atomic mass is 10.0. The molecule has 0 aliphatic heterocycles. The molecule has 0 aliphatic carbocycles. The minimum Gasteiger partial charge on any atom is -0.456 e. The summed E-state index contributed by atoms with van der Waals surface area (Å²) in [5, 5.41) is 5.92. The van der Waals surface area contributed by atoms with Crippen LogP contribution in [0.25, 0.3) is 43.8 Å². The Kier molecular flexibility index (Phi) is 4.82. The first kappa shape index (κ1) is 20.5. The molecular weight excluding hydrogens is 438 g/mol. The van der Waals surface area contributed by atoms with Gasteiger partial charge in [-0.2, -0.15) is 0 Å². The van der Waals surface area contributed by atoms with Gasteiger partial charge in [-0.3, -0.25) is 0 Å². The van der Waals surface area contributed by atoms with E-state index in [1.165, 1.54) is 21.5 Å². The van der Waals surface area contributed by atoms with E-state index in [9.17, 15) is 0 Å². The van der Waals surface area contributed by atoms with Crippen LogP contribution in [0.5, 0.6) is 0 Å². The second-order valence-electron chi connectivity index (χ2n) is 9.00. The van der Waals surface area contributed by atoms with E-state index in [0.717, 1.165) is 39.4 Å². The van der Waals surface area contributed by atoms with Crippen LogP contribution >= 0.6 is 0 Å². The average molecular weight is 462 g/mol. The standard InChI is InChI=1S/C34H23NO/c1-4-16-27-24(11-1)14-9-20-30(27)35(31-21-10-15-25-12-2-5-17-28(25)31)32-19-7-6-18-29(32)34-23-26-13-3-8-22-33(26)36-34/h1-23H. The lowest BCUT2D eigenvalue weighted by Gasteiger charge is -2.29. The van der Waals surface area contributed by atoms with Crippen LogP contribution in [0, 0.1) is 0 Å². The van der Waals surface area contributed by atoms with Crippen molar-refractivity contribution in [1.82, 2.24) is 0 Å². The molecule has 0 radical (unpaired) electrons. The van der Waals surface area contributed by atoms with E-state index in [2.05, 4.69) is 126 Å². The second-order valence-corrected chi connectivity index (χ2v) is 9.00. The molecule has 6 aromatic carbocycles. The van der Waals surface area contributed by atoms with Crippen LogP contribution < -0.4 is 4.90 Å². The van der Waals surface area contributed by atoms with E-state index < -0.39 is 0 Å². The first-order chi connectivity index (χ1) is 17.9. The topological polar surface area (TPSA) is 16.4 Å². The summed E-state index contributed by atoms with van der Waals surface area (Å²) in [6, 6.07) is 49.0. The number of hydrogen-bond donors (Lipinski definition) is 0. The number of fused-ring (bicyclic) bond motifs is 3. The van der Waals surface area contributed by atoms with Crippen LogP contribution in [0.15, 0.2) is 144 Å². The number of anilines is 3. The Morgan fingerprint density at radius 1 is 0.417 bits per heavy atom. The molecule has 0 amide bonds. The first-order valence-corrected chi connectivity index (χ1v) is 12.2. The predicted octanol–water partition coefficient (Wildman–Crippen LogP) is 9.88. The van der Waals surface area contributed by atoms with Crippen LogP contribution in [0.4, 0.5) is 17.1 Å². The molecule has 36 heavy (non-hydrogen) atoms. The molecule has 1 heterocycles. The quantitative estimate of drug-likeness (QED) is 0.259. The van der Waals surface area contributed by atoms with E-state index >= 15 is 0 Å². The van der Waals surface area contributed by atoms with E-state index in [-0.39, 0.29) is 0 Å². The number of nitrogens with zero attached hydrogens (tertiary/aromatic N) is 1. The van der Waals surface area contributed by atoms with Gasteiger partial charge < -0.3 is 9.32 Å². The van der Waals surface area contributed by atoms with Crippen LogP contribution in [0.2, 0.25) is 0 Å². The van der Waals surface area contributed by atoms with Crippen LogP contribution in [0.1, 0.15) is 0 Å². The molecule has 170 valence electrons. The van der Waals surface area contributed by atoms with E-state index in [0.29, 0.717) is 0 Å². The van der Waals surface area contributed by atoms with Crippen molar-refractivity contribution in [2.45, 2.75) is 0 Å². The summed E-state index contributed by atoms with van der Waals surface area (Å²) >= 11 is 0. The molecule has 0 aliphatic rings. The maximum atomic E-state index is 6.36. The molecule has 1 aromatic heterocycles. The molecule has 2 heteroatoms. The minimum atomic E-state index is 0.859. The largest absolute Gasteiger partial charge is 0.456 e. The molecule has 0 atom stereocenters. The van der Waals surface area contributed by atoms with E-state index in [4.69, 9.17) is 4.42 Å². The fourth-order valence-corrected chi connectivity index (χ4v) is 5.19. The summed E-state index contributed by atoms with van der Waals surface area (Å²) in [6.07, 6.45) is 0. The smallest absolute Gasteiger partial charge is 0.137 e. The molecule has 7 aromatic rings. The molecule has 0 saturated carbocycles. The van der Waals surface area contributed by atoms with Crippen molar-refractivity contribution in [1.29, 1.82) is 0 Å². The fraction of sp³-hybridized carbons (Fsp3) is 0. The summed E-state index contributed by atoms with van der Waals surface area (Å²) in [5.41, 5.74) is 5.28. The van der Waals surface area contributed by atoms with Gasteiger partial charge in [-0.25, -0.2) is 0 Å². The van der Waals surface area contributed by atoms with Gasteiger partial charge in [0.25, 0.3) is 0 Å². The molecule has 0 fully saturated rings. The monoisotopic (exact) mass is 461 g/mol. The van der Waals surface area contributed by atoms with Crippen LogP contribution in [-0.4, -0.2) is 0 Å². The summed E-state index contributed by atoms with van der Waals surface area (Å²) in [4.78, 5) is 2.38. The van der Waals surface area contributed by atoms with Gasteiger partial charge in [-0.1, -0.05) is 103 Å². The molecule has 7 rings (SSSR count). The number of benzene rings is 6. The van der Waals surface area contributed by atoms with Crippen molar-refractivity contribution < 1.29 is 4.42 Å². The van der Waals surface area contributed by atoms with Crippen molar-refractivity contribution in [3.63, 3.8) is 0 Å². The highest BCUT2D eigenvalue weighted by molar-refractivity contribution is 6.06. The molecular formula is C34H23NO. The lowest BCUT2D eigenvalue weighted by Crippen LogP contribution is -2.12. The summed E-state index contributed by atoms with van der Waals surface area (Å²) in [6.45, 7) is 0. The second kappa shape index (κ2) is 8.44. The molecule has 0 N–H and O–H groups in total. The Balaban J connectivity index is 1.56. The van der Waals surface area contributed by atoms with Gasteiger partial charge in [0.2, 0.25) is 0 Å². The van der Waals surface area contributed by atoms with Gasteiger partial charge in [0.15, 0.2) is 0 Å². The molecule has 0 bridgehead atoms. The molecule has 2 nitrogen and oxygen atoms in total. The minimum absolute atomic E-state index is 0.859. The van der Waals surface area contributed by atoms with Gasteiger partial charge >= 0.3 is 0 Å². The van der Waals surface area contributed by atoms with Crippen molar-refractivity contribution in [3.05, 3.63) is 140 Å². The van der Waals surface area contributed by atoms with Crippen LogP contribution in [-0.2, 0) is 0 Å². The van der Waals surface area contributed by atoms with Crippen molar-refractivity contribution in [2.24, 2.45) is 0 Å². The summed E-state index contributed by atoms with van der Waals surface area (Å²) in [5.74, 6) is 0.859. The zero-order chi connectivity index (χ0) is 23.9. The Hall–Kier alpha value is -4.82. The predicted molar refractivity (Wildman–Crippen MR) is 151 cm³/mol. The van der Waals surface area contributed by atoms with Crippen molar-refractivity contribution in [3.8, 4) is 11.3 Å². The zero-order valence-electron chi connectivity index (χ0n) is 19.6. The highest BCUT2D eigenvalue weighted by Gasteiger charge is 2.21. The van der Waals surface area contributed by atoms with Gasteiger partial charge in [0.1, 0.15) is 11.3 Å². The summed E-state index contributed by atoms with van der Waals surface area (Å²) in [7, 11) is 0. The third-order valence-corrected chi connectivity index (χ3v) is 6.85. The van der Waals surface area contributed by atoms with Crippen LogP contribution in [0.3, 0.4) is 0 Å². The third-order valence-electron chi connectivity index (χ3n) is 6.85. The number of rotatable bonds is 4. The molecule has 0 saturated heterocycles. The zero-order valence-corrected chi connectivity index (χ0v) is 19.6. The fourth-order valence-electron chi connectivity index (χ4n) is 5.19. The average Bonchev–Trinajstić information content (AvgIpc) is 3.38. The van der Waals surface area contributed by atoms with E-state index in [1.807, 2.05) is 18.2 Å². The first-order valence-electron chi connectivity index (χ1n) is 12.2. The van der Waals surface area contributed by atoms with Crippen molar-refractivity contribution in [2.75, 3.05) is 4.90 Å². The maximum Gasteiger partial charge on any atom is 0.137 e. The van der Waals surface area contributed by atoms with Gasteiger partial charge in [-0.05, 0) is 47.2 Å².